The van der Waals surface area contributed by atoms with Crippen LogP contribution in [0, 0.1) is 0 Å². The van der Waals surface area contributed by atoms with Gasteiger partial charge in [0.15, 0.2) is 0 Å². The standard InChI is InChI=1S/C21H19BrN2O2/c22-14-6-9-17-19(11-14)24(21(26)20(17)25)12-23(15-7-8-15)18-10-5-13-3-1-2-4-16(13)18/h1-4,6,9,11,15,18H,5,7-8,10,12H2. The maximum atomic E-state index is 12.6. The molecule has 2 aromatic carbocycles. The van der Waals surface area contributed by atoms with Gasteiger partial charge >= 0.3 is 5.91 Å². The third-order valence-electron chi connectivity index (χ3n) is 5.76. The molecule has 1 unspecified atom stereocenters. The Labute approximate surface area is 160 Å². The molecule has 1 atom stereocenters. The molecule has 26 heavy (non-hydrogen) atoms. The van der Waals surface area contributed by atoms with Gasteiger partial charge in [-0.05, 0) is 55.0 Å². The molecule has 0 spiro atoms. The maximum Gasteiger partial charge on any atom is 0.300 e. The normalized spacial score (nSPS) is 21.5. The molecular weight excluding hydrogens is 392 g/mol. The predicted octanol–water partition coefficient (Wildman–Crippen LogP) is 4.09. The highest BCUT2D eigenvalue weighted by Crippen LogP contribution is 2.43. The minimum absolute atomic E-state index is 0.331. The summed E-state index contributed by atoms with van der Waals surface area (Å²) in [6.45, 7) is 0.484. The van der Waals surface area contributed by atoms with Crippen LogP contribution in [0.1, 0.15) is 46.8 Å². The molecule has 132 valence electrons. The fraction of sp³-hybridized carbons (Fsp3) is 0.333. The lowest BCUT2D eigenvalue weighted by atomic mass is 10.1. The largest absolute Gasteiger partial charge is 0.300 e. The fourth-order valence-corrected chi connectivity index (χ4v) is 4.67. The van der Waals surface area contributed by atoms with E-state index in [0.29, 0.717) is 24.3 Å². The lowest BCUT2D eigenvalue weighted by molar-refractivity contribution is -0.114. The van der Waals surface area contributed by atoms with E-state index in [9.17, 15) is 9.59 Å². The number of Topliss-reactive ketones (excluding diaryl/α,β-unsaturated/α-hetero) is 1. The van der Waals surface area contributed by atoms with E-state index in [4.69, 9.17) is 0 Å². The zero-order chi connectivity index (χ0) is 17.8. The third kappa shape index (κ3) is 2.53. The van der Waals surface area contributed by atoms with Gasteiger partial charge in [-0.3, -0.25) is 19.4 Å². The van der Waals surface area contributed by atoms with E-state index in [1.807, 2.05) is 12.1 Å². The monoisotopic (exact) mass is 410 g/mol. The summed E-state index contributed by atoms with van der Waals surface area (Å²) in [6.07, 6.45) is 4.50. The van der Waals surface area contributed by atoms with Crippen LogP contribution < -0.4 is 4.90 Å². The molecule has 0 N–H and O–H groups in total. The second-order valence-corrected chi connectivity index (χ2v) is 8.28. The maximum absolute atomic E-state index is 12.6. The van der Waals surface area contributed by atoms with Crippen LogP contribution in [0.25, 0.3) is 0 Å². The number of amides is 1. The average molecular weight is 411 g/mol. The molecule has 0 bridgehead atoms. The Morgan fingerprint density at radius 1 is 1.08 bits per heavy atom. The van der Waals surface area contributed by atoms with E-state index in [1.165, 1.54) is 24.0 Å². The van der Waals surface area contributed by atoms with Crippen molar-refractivity contribution < 1.29 is 9.59 Å². The molecule has 0 radical (unpaired) electrons. The Bertz CT molecular complexity index is 922. The topological polar surface area (TPSA) is 40.6 Å². The van der Waals surface area contributed by atoms with Crippen LogP contribution in [-0.2, 0) is 11.2 Å². The summed E-state index contributed by atoms with van der Waals surface area (Å²) in [6, 6.07) is 14.9. The van der Waals surface area contributed by atoms with Crippen LogP contribution in [0.15, 0.2) is 46.9 Å². The van der Waals surface area contributed by atoms with Crippen LogP contribution in [0.4, 0.5) is 5.69 Å². The van der Waals surface area contributed by atoms with E-state index >= 15 is 0 Å². The van der Waals surface area contributed by atoms with Crippen molar-refractivity contribution in [3.8, 4) is 0 Å². The zero-order valence-corrected chi connectivity index (χ0v) is 15.9. The van der Waals surface area contributed by atoms with E-state index in [-0.39, 0.29) is 0 Å². The van der Waals surface area contributed by atoms with Gasteiger partial charge in [0.25, 0.3) is 5.78 Å². The number of hydrogen-bond acceptors (Lipinski definition) is 3. The molecule has 4 nitrogen and oxygen atoms in total. The molecule has 1 amide bonds. The molecule has 1 saturated carbocycles. The lowest BCUT2D eigenvalue weighted by Crippen LogP contribution is -2.43. The number of ketones is 1. The highest BCUT2D eigenvalue weighted by Gasteiger charge is 2.42. The molecule has 1 fully saturated rings. The van der Waals surface area contributed by atoms with Crippen molar-refractivity contribution in [2.75, 3.05) is 11.6 Å². The first-order valence-corrected chi connectivity index (χ1v) is 9.92. The Balaban J connectivity index is 1.49. The molecular formula is C21H19BrN2O2. The number of carbonyl (C=O) groups excluding carboxylic acids is 2. The van der Waals surface area contributed by atoms with Crippen molar-refractivity contribution in [3.05, 3.63) is 63.6 Å². The minimum Gasteiger partial charge on any atom is -0.291 e. The van der Waals surface area contributed by atoms with Gasteiger partial charge in [-0.15, -0.1) is 0 Å². The van der Waals surface area contributed by atoms with Gasteiger partial charge in [0, 0.05) is 16.6 Å². The summed E-state index contributed by atoms with van der Waals surface area (Å²) in [5.41, 5.74) is 4.04. The van der Waals surface area contributed by atoms with Gasteiger partial charge in [-0.1, -0.05) is 40.2 Å². The van der Waals surface area contributed by atoms with Crippen molar-refractivity contribution in [1.29, 1.82) is 0 Å². The van der Waals surface area contributed by atoms with Crippen LogP contribution in [0.3, 0.4) is 0 Å². The first kappa shape index (κ1) is 16.2. The number of fused-ring (bicyclic) bond motifs is 2. The lowest BCUT2D eigenvalue weighted by Gasteiger charge is -2.33. The smallest absolute Gasteiger partial charge is 0.291 e. The van der Waals surface area contributed by atoms with Crippen molar-refractivity contribution in [2.45, 2.75) is 37.8 Å². The molecule has 5 rings (SSSR count). The third-order valence-corrected chi connectivity index (χ3v) is 6.25. The SMILES string of the molecule is O=C1C(=O)N(CN(C2CC2)C2CCc3ccccc32)c2cc(Br)ccc21. The number of carbonyl (C=O) groups is 2. The van der Waals surface area contributed by atoms with Crippen molar-refractivity contribution in [1.82, 2.24) is 4.90 Å². The highest BCUT2D eigenvalue weighted by molar-refractivity contribution is 9.10. The van der Waals surface area contributed by atoms with Crippen molar-refractivity contribution in [2.24, 2.45) is 0 Å². The molecule has 5 heteroatoms. The molecule has 1 heterocycles. The molecule has 0 saturated heterocycles. The first-order valence-electron chi connectivity index (χ1n) is 9.13. The number of nitrogens with zero attached hydrogens (tertiary/aromatic N) is 2. The van der Waals surface area contributed by atoms with E-state index in [0.717, 1.165) is 23.0 Å². The molecule has 0 aromatic heterocycles. The van der Waals surface area contributed by atoms with E-state index in [1.54, 1.807) is 11.0 Å². The van der Waals surface area contributed by atoms with Gasteiger partial charge in [-0.2, -0.15) is 0 Å². The summed E-state index contributed by atoms with van der Waals surface area (Å²) in [7, 11) is 0. The summed E-state index contributed by atoms with van der Waals surface area (Å²) in [5.74, 6) is -0.801. The van der Waals surface area contributed by atoms with E-state index in [2.05, 4.69) is 45.1 Å². The fourth-order valence-electron chi connectivity index (χ4n) is 4.32. The summed E-state index contributed by atoms with van der Waals surface area (Å²) >= 11 is 3.46. The number of hydrogen-bond donors (Lipinski definition) is 0. The van der Waals surface area contributed by atoms with Gasteiger partial charge in [0.1, 0.15) is 0 Å². The number of halogens is 1. The highest BCUT2D eigenvalue weighted by atomic mass is 79.9. The minimum atomic E-state index is -0.407. The van der Waals surface area contributed by atoms with Crippen LogP contribution in [-0.4, -0.2) is 29.3 Å². The average Bonchev–Trinajstić information content (AvgIpc) is 3.36. The second kappa shape index (κ2) is 6.03. The Morgan fingerprint density at radius 3 is 2.69 bits per heavy atom. The van der Waals surface area contributed by atoms with Gasteiger partial charge in [-0.25, -0.2) is 0 Å². The summed E-state index contributed by atoms with van der Waals surface area (Å²) in [4.78, 5) is 29.1. The molecule has 1 aliphatic heterocycles. The van der Waals surface area contributed by atoms with Gasteiger partial charge < -0.3 is 0 Å². The molecule has 3 aliphatic rings. The quantitative estimate of drug-likeness (QED) is 0.712. The first-order chi connectivity index (χ1) is 12.6. The Morgan fingerprint density at radius 2 is 1.88 bits per heavy atom. The van der Waals surface area contributed by atoms with Gasteiger partial charge in [0.05, 0.1) is 17.9 Å². The van der Waals surface area contributed by atoms with Crippen LogP contribution in [0.5, 0.6) is 0 Å². The Hall–Kier alpha value is -1.98. The van der Waals surface area contributed by atoms with Crippen molar-refractivity contribution >= 4 is 33.3 Å². The number of aryl methyl sites for hydroxylation is 1. The number of anilines is 1. The van der Waals surface area contributed by atoms with Gasteiger partial charge in [0.2, 0.25) is 0 Å². The molecule has 2 aromatic rings. The van der Waals surface area contributed by atoms with Crippen LogP contribution >= 0.6 is 15.9 Å². The molecule has 2 aliphatic carbocycles. The Kier molecular flexibility index (Phi) is 3.76. The summed E-state index contributed by atoms with van der Waals surface area (Å²) in [5, 5.41) is 0. The number of rotatable bonds is 4. The van der Waals surface area contributed by atoms with Crippen molar-refractivity contribution in [3.63, 3.8) is 0 Å². The number of benzene rings is 2. The summed E-state index contributed by atoms with van der Waals surface area (Å²) < 4.78 is 0.882. The van der Waals surface area contributed by atoms with Crippen LogP contribution in [0.2, 0.25) is 0 Å². The van der Waals surface area contributed by atoms with E-state index < -0.39 is 11.7 Å². The zero-order valence-electron chi connectivity index (χ0n) is 14.3. The predicted molar refractivity (Wildman–Crippen MR) is 103 cm³/mol. The second-order valence-electron chi connectivity index (χ2n) is 7.36.